The molecule has 0 amide bonds. The largest absolute Gasteiger partial charge is 0.573 e. The van der Waals surface area contributed by atoms with Crippen molar-refractivity contribution in [2.45, 2.75) is 19.5 Å². The molecule has 0 saturated heterocycles. The summed E-state index contributed by atoms with van der Waals surface area (Å²) in [6.45, 7) is 0.595. The van der Waals surface area contributed by atoms with Crippen molar-refractivity contribution in [1.29, 1.82) is 0 Å². The zero-order chi connectivity index (χ0) is 15.3. The van der Waals surface area contributed by atoms with Crippen LogP contribution >= 0.6 is 0 Å². The first-order chi connectivity index (χ1) is 9.99. The Balaban J connectivity index is 2.08. The average Bonchev–Trinajstić information content (AvgIpc) is 2.84. The molecule has 0 unspecified atom stereocenters. The van der Waals surface area contributed by atoms with Gasteiger partial charge in [-0.25, -0.2) is 0 Å². The van der Waals surface area contributed by atoms with Gasteiger partial charge >= 0.3 is 6.36 Å². The number of alkyl halides is 3. The minimum Gasteiger partial charge on any atom is -0.482 e. The van der Waals surface area contributed by atoms with Crippen molar-refractivity contribution in [1.82, 2.24) is 5.32 Å². The van der Waals surface area contributed by atoms with Crippen LogP contribution in [0.1, 0.15) is 11.3 Å². The molecule has 1 aromatic heterocycles. The molecule has 114 valence electrons. The van der Waals surface area contributed by atoms with E-state index in [2.05, 4.69) is 10.1 Å². The summed E-state index contributed by atoms with van der Waals surface area (Å²) in [6.07, 6.45) is -3.26. The predicted octanol–water partition coefficient (Wildman–Crippen LogP) is 3.48. The summed E-state index contributed by atoms with van der Waals surface area (Å²) in [5.74, 6) is 0.166. The Morgan fingerprint density at radius 2 is 1.86 bits per heavy atom. The first-order valence-electron chi connectivity index (χ1n) is 6.17. The molecule has 0 saturated carbocycles. The van der Waals surface area contributed by atoms with Gasteiger partial charge in [0.05, 0.1) is 6.26 Å². The topological polar surface area (TPSA) is 43.6 Å². The summed E-state index contributed by atoms with van der Waals surface area (Å²) in [4.78, 5) is 0. The molecule has 0 aliphatic rings. The normalized spacial score (nSPS) is 11.4. The van der Waals surface area contributed by atoms with E-state index in [0.29, 0.717) is 12.3 Å². The lowest BCUT2D eigenvalue weighted by Crippen LogP contribution is -2.17. The first-order valence-corrected chi connectivity index (χ1v) is 6.17. The monoisotopic (exact) mass is 301 g/mol. The molecule has 2 rings (SSSR count). The maximum Gasteiger partial charge on any atom is 0.573 e. The summed E-state index contributed by atoms with van der Waals surface area (Å²) in [6, 6.07) is 7.37. The number of halogens is 3. The van der Waals surface area contributed by atoms with Crippen LogP contribution in [0.4, 0.5) is 13.2 Å². The van der Waals surface area contributed by atoms with E-state index in [1.165, 1.54) is 24.5 Å². The molecule has 0 atom stereocenters. The number of benzene rings is 1. The third-order valence-electron chi connectivity index (χ3n) is 2.64. The van der Waals surface area contributed by atoms with Crippen LogP contribution in [0.15, 0.2) is 41.0 Å². The zero-order valence-corrected chi connectivity index (χ0v) is 11.2. The quantitative estimate of drug-likeness (QED) is 0.887. The summed E-state index contributed by atoms with van der Waals surface area (Å²) in [7, 11) is 1.78. The standard InChI is InChI=1S/C14H14F3NO3/c1-18-8-10-6-7-19-13(10)9-20-11-4-2-3-5-12(11)21-14(15,16)17/h2-7,18H,8-9H2,1H3. The number of para-hydroxylation sites is 2. The van der Waals surface area contributed by atoms with E-state index in [1.807, 2.05) is 0 Å². The lowest BCUT2D eigenvalue weighted by molar-refractivity contribution is -0.275. The first kappa shape index (κ1) is 15.2. The van der Waals surface area contributed by atoms with Crippen molar-refractivity contribution >= 4 is 0 Å². The Labute approximate surface area is 119 Å². The lowest BCUT2D eigenvalue weighted by atomic mass is 10.2. The molecule has 1 N–H and O–H groups in total. The summed E-state index contributed by atoms with van der Waals surface area (Å²) < 4.78 is 51.4. The molecule has 7 heteroatoms. The molecule has 1 aromatic carbocycles. The molecule has 0 fully saturated rings. The van der Waals surface area contributed by atoms with Crippen LogP contribution in [0, 0.1) is 0 Å². The number of ether oxygens (including phenoxy) is 2. The van der Waals surface area contributed by atoms with Gasteiger partial charge in [-0.2, -0.15) is 0 Å². The Hall–Kier alpha value is -2.15. The zero-order valence-electron chi connectivity index (χ0n) is 11.2. The van der Waals surface area contributed by atoms with Crippen molar-refractivity contribution in [2.24, 2.45) is 0 Å². The maximum atomic E-state index is 12.3. The van der Waals surface area contributed by atoms with Gasteiger partial charge in [0.15, 0.2) is 11.5 Å². The molecular formula is C14H14F3NO3. The third kappa shape index (κ3) is 4.42. The second kappa shape index (κ2) is 6.53. The van der Waals surface area contributed by atoms with Gasteiger partial charge in [0.1, 0.15) is 12.4 Å². The number of hydrogen-bond donors (Lipinski definition) is 1. The van der Waals surface area contributed by atoms with E-state index in [-0.39, 0.29) is 18.1 Å². The van der Waals surface area contributed by atoms with E-state index >= 15 is 0 Å². The molecule has 21 heavy (non-hydrogen) atoms. The molecule has 1 heterocycles. The minimum atomic E-state index is -4.76. The summed E-state index contributed by atoms with van der Waals surface area (Å²) in [5, 5.41) is 2.96. The minimum absolute atomic E-state index is 0.00151. The van der Waals surface area contributed by atoms with Crippen molar-refractivity contribution in [2.75, 3.05) is 7.05 Å². The second-order valence-electron chi connectivity index (χ2n) is 4.18. The van der Waals surface area contributed by atoms with Gasteiger partial charge in [0.2, 0.25) is 0 Å². The lowest BCUT2D eigenvalue weighted by Gasteiger charge is -2.13. The van der Waals surface area contributed by atoms with Crippen LogP contribution in [0.5, 0.6) is 11.5 Å². The van der Waals surface area contributed by atoms with Crippen molar-refractivity contribution in [3.8, 4) is 11.5 Å². The van der Waals surface area contributed by atoms with E-state index < -0.39 is 6.36 Å². The van der Waals surface area contributed by atoms with E-state index in [9.17, 15) is 13.2 Å². The Bertz CT molecular complexity index is 581. The summed E-state index contributed by atoms with van der Waals surface area (Å²) in [5.41, 5.74) is 0.881. The molecule has 0 bridgehead atoms. The fraction of sp³-hybridized carbons (Fsp3) is 0.286. The number of nitrogens with one attached hydrogen (secondary N) is 1. The number of rotatable bonds is 6. The van der Waals surface area contributed by atoms with Crippen LogP contribution < -0.4 is 14.8 Å². The number of hydrogen-bond acceptors (Lipinski definition) is 4. The van der Waals surface area contributed by atoms with Crippen LogP contribution in [0.25, 0.3) is 0 Å². The molecule has 0 spiro atoms. The van der Waals surface area contributed by atoms with Crippen LogP contribution in [-0.4, -0.2) is 13.4 Å². The van der Waals surface area contributed by atoms with E-state index in [4.69, 9.17) is 9.15 Å². The predicted molar refractivity (Wildman–Crippen MR) is 68.9 cm³/mol. The molecule has 0 aliphatic heterocycles. The second-order valence-corrected chi connectivity index (χ2v) is 4.18. The van der Waals surface area contributed by atoms with Crippen molar-refractivity contribution < 1.29 is 27.1 Å². The molecule has 0 aliphatic carbocycles. The van der Waals surface area contributed by atoms with Crippen molar-refractivity contribution in [3.05, 3.63) is 47.9 Å². The number of furan rings is 1. The van der Waals surface area contributed by atoms with Gasteiger partial charge in [0, 0.05) is 12.1 Å². The van der Waals surface area contributed by atoms with Crippen LogP contribution in [0.2, 0.25) is 0 Å². The molecule has 0 radical (unpaired) electrons. The average molecular weight is 301 g/mol. The Morgan fingerprint density at radius 1 is 1.14 bits per heavy atom. The van der Waals surface area contributed by atoms with E-state index in [1.54, 1.807) is 19.2 Å². The Morgan fingerprint density at radius 3 is 2.52 bits per heavy atom. The summed E-state index contributed by atoms with van der Waals surface area (Å²) >= 11 is 0. The highest BCUT2D eigenvalue weighted by Gasteiger charge is 2.32. The van der Waals surface area contributed by atoms with E-state index in [0.717, 1.165) is 5.56 Å². The fourth-order valence-corrected chi connectivity index (χ4v) is 1.76. The van der Waals surface area contributed by atoms with Crippen LogP contribution in [-0.2, 0) is 13.2 Å². The van der Waals surface area contributed by atoms with Gasteiger partial charge in [-0.15, -0.1) is 13.2 Å². The highest BCUT2D eigenvalue weighted by molar-refractivity contribution is 5.39. The van der Waals surface area contributed by atoms with Gasteiger partial charge in [0.25, 0.3) is 0 Å². The Kier molecular flexibility index (Phi) is 4.74. The SMILES string of the molecule is CNCc1ccoc1COc1ccccc1OC(F)(F)F. The fourth-order valence-electron chi connectivity index (χ4n) is 1.76. The van der Waals surface area contributed by atoms with Gasteiger partial charge in [-0.05, 0) is 25.2 Å². The van der Waals surface area contributed by atoms with Crippen LogP contribution in [0.3, 0.4) is 0 Å². The molecule has 2 aromatic rings. The highest BCUT2D eigenvalue weighted by Crippen LogP contribution is 2.32. The van der Waals surface area contributed by atoms with Gasteiger partial charge in [-0.3, -0.25) is 0 Å². The van der Waals surface area contributed by atoms with Gasteiger partial charge in [-0.1, -0.05) is 12.1 Å². The highest BCUT2D eigenvalue weighted by atomic mass is 19.4. The maximum absolute atomic E-state index is 12.3. The smallest absolute Gasteiger partial charge is 0.482 e. The molecule has 4 nitrogen and oxygen atoms in total. The van der Waals surface area contributed by atoms with Gasteiger partial charge < -0.3 is 19.2 Å². The van der Waals surface area contributed by atoms with Crippen molar-refractivity contribution in [3.63, 3.8) is 0 Å². The molecular weight excluding hydrogens is 287 g/mol. The third-order valence-corrected chi connectivity index (χ3v) is 2.64.